The van der Waals surface area contributed by atoms with Gasteiger partial charge in [-0.15, -0.1) is 46.4 Å². The number of unbranched alkanes of at least 4 members (excludes halogenated alkanes) is 4. The van der Waals surface area contributed by atoms with Crippen molar-refractivity contribution in [2.75, 3.05) is 49.9 Å². The van der Waals surface area contributed by atoms with Gasteiger partial charge in [0.25, 0.3) is 0 Å². The quantitative estimate of drug-likeness (QED) is 0.0575. The highest BCUT2D eigenvalue weighted by Crippen LogP contribution is 2.44. The van der Waals surface area contributed by atoms with E-state index in [1.165, 1.54) is 22.3 Å². The first-order valence-electron chi connectivity index (χ1n) is 25.5. The van der Waals surface area contributed by atoms with Crippen LogP contribution in [-0.2, 0) is 47.3 Å². The molecule has 0 saturated heterocycles. The van der Waals surface area contributed by atoms with Crippen LogP contribution in [0.2, 0.25) is 0 Å². The summed E-state index contributed by atoms with van der Waals surface area (Å²) in [4.78, 5) is 0. The van der Waals surface area contributed by atoms with Crippen LogP contribution in [-0.4, -0.2) is 49.9 Å². The highest BCUT2D eigenvalue weighted by molar-refractivity contribution is 6.18. The summed E-state index contributed by atoms with van der Waals surface area (Å²) in [6.45, 7) is 30.0. The third kappa shape index (κ3) is 15.6. The molecule has 5 rings (SSSR count). The van der Waals surface area contributed by atoms with Gasteiger partial charge in [-0.1, -0.05) is 132 Å². The summed E-state index contributed by atoms with van der Waals surface area (Å²) < 4.78 is 28.3. The lowest BCUT2D eigenvalue weighted by Crippen LogP contribution is -2.18. The molecule has 0 atom stereocenters. The fourth-order valence-electron chi connectivity index (χ4n) is 8.85. The van der Waals surface area contributed by atoms with Gasteiger partial charge in [-0.2, -0.15) is 0 Å². The molecule has 0 aromatic heterocycles. The summed E-state index contributed by atoms with van der Waals surface area (Å²) in [5.74, 6) is 6.18. The molecule has 8 bridgehead atoms. The smallest absolute Gasteiger partial charge is 0.126 e. The van der Waals surface area contributed by atoms with Crippen LogP contribution >= 0.6 is 46.4 Å². The zero-order valence-corrected chi connectivity index (χ0v) is 46.9. The number of halogens is 4. The number of fused-ring (bicyclic) bond motifs is 8. The van der Waals surface area contributed by atoms with Crippen molar-refractivity contribution in [3.05, 3.63) is 115 Å². The maximum Gasteiger partial charge on any atom is 0.126 e. The molecule has 8 heteroatoms. The van der Waals surface area contributed by atoms with Crippen molar-refractivity contribution in [1.82, 2.24) is 0 Å². The predicted molar refractivity (Wildman–Crippen MR) is 294 cm³/mol. The van der Waals surface area contributed by atoms with Gasteiger partial charge in [0, 0.05) is 49.2 Å². The number of ether oxygens (including phenoxy) is 4. The van der Waals surface area contributed by atoms with Crippen LogP contribution in [0.15, 0.2) is 48.5 Å². The van der Waals surface area contributed by atoms with Crippen molar-refractivity contribution in [3.8, 4) is 23.0 Å². The molecule has 0 N–H and O–H groups in total. The number of hydrogen-bond acceptors (Lipinski definition) is 4. The number of alkyl halides is 4. The normalized spacial score (nSPS) is 13.4. The summed E-state index contributed by atoms with van der Waals surface area (Å²) in [7, 11) is 0. The number of hydrogen-bond donors (Lipinski definition) is 0. The van der Waals surface area contributed by atoms with Gasteiger partial charge in [-0.25, -0.2) is 0 Å². The van der Waals surface area contributed by atoms with Gasteiger partial charge in [0.15, 0.2) is 0 Å². The summed E-state index contributed by atoms with van der Waals surface area (Å²) in [6, 6.07) is 19.2. The molecule has 0 radical (unpaired) electrons. The fraction of sp³-hybridized carbons (Fsp3) is 0.600. The molecule has 68 heavy (non-hydrogen) atoms. The lowest BCUT2D eigenvalue weighted by atomic mass is 9.79. The van der Waals surface area contributed by atoms with Gasteiger partial charge in [0.1, 0.15) is 23.0 Å². The molecule has 0 aliphatic heterocycles. The number of benzene rings is 4. The molecular weight excluding hydrogens is 926 g/mol. The largest absolute Gasteiger partial charge is 0.493 e. The van der Waals surface area contributed by atoms with Crippen molar-refractivity contribution in [2.24, 2.45) is 0 Å². The second kappa shape index (κ2) is 25.1. The van der Waals surface area contributed by atoms with Crippen molar-refractivity contribution in [2.45, 2.75) is 182 Å². The van der Waals surface area contributed by atoms with Crippen molar-refractivity contribution in [3.63, 3.8) is 0 Å². The lowest BCUT2D eigenvalue weighted by molar-refractivity contribution is 0.297. The van der Waals surface area contributed by atoms with Gasteiger partial charge in [-0.3, -0.25) is 0 Å². The molecule has 1 aliphatic carbocycles. The van der Waals surface area contributed by atoms with Crippen molar-refractivity contribution < 1.29 is 18.9 Å². The zero-order chi connectivity index (χ0) is 49.9. The Balaban J connectivity index is 1.99. The molecule has 4 nitrogen and oxygen atoms in total. The van der Waals surface area contributed by atoms with Crippen LogP contribution in [0.5, 0.6) is 23.0 Å². The standard InChI is InChI=1S/C60H84Cl4O4/c1-57(2,3)49-33-41-29-43-35-50(58(4,5)6)37-45(54(43)66-26-18-14-22-62)31-47-39-52(60(10,11)12)40-48(56(47)68-28-20-16-24-64)32-46-38-51(59(7,8)9)36-44(55(46)67-27-19-15-23-63)30-42(34-49)53(41)65-25-17-13-21-61/h33-40H,13-32H2,1-12H3. The van der Waals surface area contributed by atoms with Crippen LogP contribution in [0, 0.1) is 0 Å². The highest BCUT2D eigenvalue weighted by atomic mass is 35.5. The van der Waals surface area contributed by atoms with Crippen LogP contribution < -0.4 is 18.9 Å². The average molecular weight is 1010 g/mol. The number of rotatable bonds is 20. The maximum absolute atomic E-state index is 7.08. The van der Waals surface area contributed by atoms with Gasteiger partial charge < -0.3 is 18.9 Å². The predicted octanol–water partition coefficient (Wildman–Crippen LogP) is 17.1. The molecule has 0 heterocycles. The molecule has 0 amide bonds. The Hall–Kier alpha value is -2.76. The zero-order valence-electron chi connectivity index (χ0n) is 43.9. The van der Waals surface area contributed by atoms with Gasteiger partial charge in [-0.05, 0) is 140 Å². The van der Waals surface area contributed by atoms with E-state index in [-0.39, 0.29) is 21.7 Å². The van der Waals surface area contributed by atoms with E-state index in [1.807, 2.05) is 0 Å². The first-order chi connectivity index (χ1) is 32.1. The molecule has 4 aromatic carbocycles. The summed E-state index contributed by atoms with van der Waals surface area (Å²) >= 11 is 25.0. The van der Waals surface area contributed by atoms with Crippen LogP contribution in [0.25, 0.3) is 0 Å². The van der Waals surface area contributed by atoms with E-state index in [0.29, 0.717) is 75.6 Å². The fourth-order valence-corrected chi connectivity index (χ4v) is 9.60. The van der Waals surface area contributed by atoms with Crippen molar-refractivity contribution in [1.29, 1.82) is 0 Å². The molecular formula is C60H84Cl4O4. The molecule has 0 unspecified atom stereocenters. The maximum atomic E-state index is 7.08. The Bertz CT molecular complexity index is 1840. The van der Waals surface area contributed by atoms with Crippen LogP contribution in [0.3, 0.4) is 0 Å². The Kier molecular flexibility index (Phi) is 20.7. The van der Waals surface area contributed by atoms with Gasteiger partial charge in [0.2, 0.25) is 0 Å². The minimum Gasteiger partial charge on any atom is -0.493 e. The Morgan fingerprint density at radius 1 is 0.294 bits per heavy atom. The third-order valence-corrected chi connectivity index (χ3v) is 14.1. The second-order valence-electron chi connectivity index (χ2n) is 23.2. The minimum atomic E-state index is -0.131. The first kappa shape index (κ1) is 56.2. The van der Waals surface area contributed by atoms with E-state index in [2.05, 4.69) is 132 Å². The van der Waals surface area contributed by atoms with Crippen LogP contribution in [0.4, 0.5) is 0 Å². The molecule has 4 aromatic rings. The Morgan fingerprint density at radius 3 is 0.588 bits per heavy atom. The van der Waals surface area contributed by atoms with Gasteiger partial charge >= 0.3 is 0 Å². The lowest BCUT2D eigenvalue weighted by Gasteiger charge is -2.29. The van der Waals surface area contributed by atoms with Gasteiger partial charge in [0.05, 0.1) is 26.4 Å². The molecule has 376 valence electrons. The van der Waals surface area contributed by atoms with E-state index in [0.717, 1.165) is 119 Å². The highest BCUT2D eigenvalue weighted by Gasteiger charge is 2.29. The third-order valence-electron chi connectivity index (χ3n) is 13.1. The second-order valence-corrected chi connectivity index (χ2v) is 24.7. The minimum absolute atomic E-state index is 0.131. The van der Waals surface area contributed by atoms with E-state index in [1.54, 1.807) is 0 Å². The van der Waals surface area contributed by atoms with E-state index < -0.39 is 0 Å². The van der Waals surface area contributed by atoms with E-state index in [4.69, 9.17) is 65.4 Å². The van der Waals surface area contributed by atoms with E-state index in [9.17, 15) is 0 Å². The Morgan fingerprint density at radius 2 is 0.456 bits per heavy atom. The molecule has 0 spiro atoms. The average Bonchev–Trinajstić information content (AvgIpc) is 3.24. The first-order valence-corrected chi connectivity index (χ1v) is 27.6. The SMILES string of the molecule is CC(C)(C)c1cc2c(OCCCCCl)c(c1)Cc1cc(C(C)(C)C)cc(c1OCCCCCl)Cc1cc(C(C)(C)C)cc(c1OCCCCCl)Cc1cc(C(C)(C)C)cc(c1OCCCCCl)C2. The molecule has 0 fully saturated rings. The molecule has 0 saturated carbocycles. The Labute approximate surface area is 432 Å². The molecule has 1 aliphatic rings. The summed E-state index contributed by atoms with van der Waals surface area (Å²) in [6.07, 6.45) is 9.54. The van der Waals surface area contributed by atoms with Crippen LogP contribution in [0.1, 0.15) is 201 Å². The summed E-state index contributed by atoms with van der Waals surface area (Å²) in [5.41, 5.74) is 13.8. The van der Waals surface area contributed by atoms with E-state index >= 15 is 0 Å². The summed E-state index contributed by atoms with van der Waals surface area (Å²) in [5, 5.41) is 0. The van der Waals surface area contributed by atoms with Crippen molar-refractivity contribution >= 4 is 46.4 Å². The monoisotopic (exact) mass is 1010 g/mol. The topological polar surface area (TPSA) is 36.9 Å².